The average molecular weight is 284 g/mol. The number of aromatic nitrogens is 2. The number of aromatic amines is 1. The number of nitrogens with one attached hydrogen (secondary N) is 2. The van der Waals surface area contributed by atoms with E-state index >= 15 is 0 Å². The summed E-state index contributed by atoms with van der Waals surface area (Å²) in [4.78, 5) is 18.1. The third kappa shape index (κ3) is 2.77. The van der Waals surface area contributed by atoms with E-state index in [-0.39, 0.29) is 11.6 Å². The molecule has 0 aliphatic heterocycles. The molecule has 1 aromatic heterocycles. The van der Waals surface area contributed by atoms with Crippen LogP contribution in [0.3, 0.4) is 0 Å². The number of thioether (sulfide) groups is 1. The fourth-order valence-corrected chi connectivity index (χ4v) is 1.83. The lowest BCUT2D eigenvalue weighted by Crippen LogP contribution is -2.13. The zero-order valence-electron chi connectivity index (χ0n) is 9.40. The summed E-state index contributed by atoms with van der Waals surface area (Å²) in [6.07, 6.45) is 1.75. The van der Waals surface area contributed by atoms with Gasteiger partial charge in [-0.2, -0.15) is 4.98 Å². The zero-order chi connectivity index (χ0) is 13.1. The smallest absolute Gasteiger partial charge is 0.279 e. The number of benzene rings is 1. The predicted octanol–water partition coefficient (Wildman–Crippen LogP) is 2.59. The van der Waals surface area contributed by atoms with E-state index in [2.05, 4.69) is 15.3 Å². The van der Waals surface area contributed by atoms with Crippen LogP contribution in [0.4, 0.5) is 11.4 Å². The van der Waals surface area contributed by atoms with Gasteiger partial charge in [-0.25, -0.2) is 0 Å². The molecule has 0 saturated heterocycles. The minimum Gasteiger partial charge on any atom is -0.492 e. The number of aromatic hydroxyl groups is 1. The second-order valence-electron chi connectivity index (χ2n) is 3.41. The highest BCUT2D eigenvalue weighted by Crippen LogP contribution is 2.23. The molecule has 1 aromatic carbocycles. The molecule has 7 heteroatoms. The van der Waals surface area contributed by atoms with Crippen LogP contribution < -0.4 is 10.9 Å². The average Bonchev–Trinajstić information content (AvgIpc) is 2.35. The highest BCUT2D eigenvalue weighted by molar-refractivity contribution is 7.98. The molecule has 5 nitrogen and oxygen atoms in total. The molecule has 0 spiro atoms. The summed E-state index contributed by atoms with van der Waals surface area (Å²) < 4.78 is 0. The summed E-state index contributed by atoms with van der Waals surface area (Å²) in [5.41, 5.74) is 0.218. The van der Waals surface area contributed by atoms with Crippen molar-refractivity contribution in [1.29, 1.82) is 0 Å². The van der Waals surface area contributed by atoms with Crippen LogP contribution in [0, 0.1) is 0 Å². The predicted molar refractivity (Wildman–Crippen MR) is 73.0 cm³/mol. The molecule has 0 amide bonds. The van der Waals surface area contributed by atoms with Gasteiger partial charge in [-0.05, 0) is 30.5 Å². The van der Waals surface area contributed by atoms with Gasteiger partial charge in [0.15, 0.2) is 10.8 Å². The largest absolute Gasteiger partial charge is 0.492 e. The minimum atomic E-state index is -0.429. The van der Waals surface area contributed by atoms with Crippen LogP contribution in [0.5, 0.6) is 5.88 Å². The maximum atomic E-state index is 11.7. The number of halogens is 1. The molecule has 0 radical (unpaired) electrons. The van der Waals surface area contributed by atoms with Gasteiger partial charge in [0.1, 0.15) is 0 Å². The van der Waals surface area contributed by atoms with Crippen molar-refractivity contribution in [1.82, 2.24) is 9.97 Å². The Balaban J connectivity index is 2.35. The molecule has 2 aromatic rings. The van der Waals surface area contributed by atoms with E-state index in [9.17, 15) is 9.90 Å². The monoisotopic (exact) mass is 283 g/mol. The standard InChI is InChI=1S/C11H10ClN3O2S/c1-18-11-14-9(16)8(10(17)15-11)13-7-4-2-6(12)3-5-7/h2-5,13H,1H3,(H2,14,15,16,17). The Morgan fingerprint density at radius 2 is 2.06 bits per heavy atom. The fourth-order valence-electron chi connectivity index (χ4n) is 1.33. The Morgan fingerprint density at radius 1 is 1.39 bits per heavy atom. The molecule has 0 aliphatic rings. The van der Waals surface area contributed by atoms with Crippen molar-refractivity contribution in [3.63, 3.8) is 0 Å². The van der Waals surface area contributed by atoms with Gasteiger partial charge in [-0.15, -0.1) is 0 Å². The van der Waals surface area contributed by atoms with E-state index < -0.39 is 5.56 Å². The molecule has 0 aliphatic carbocycles. The van der Waals surface area contributed by atoms with Gasteiger partial charge < -0.3 is 10.4 Å². The van der Waals surface area contributed by atoms with Crippen molar-refractivity contribution in [2.75, 3.05) is 11.6 Å². The van der Waals surface area contributed by atoms with Crippen molar-refractivity contribution in [3.05, 3.63) is 39.6 Å². The summed E-state index contributed by atoms with van der Waals surface area (Å²) in [5, 5.41) is 13.4. The van der Waals surface area contributed by atoms with Gasteiger partial charge in [0.25, 0.3) is 5.56 Å². The molecular formula is C11H10ClN3O2S. The van der Waals surface area contributed by atoms with E-state index in [0.717, 1.165) is 0 Å². The highest BCUT2D eigenvalue weighted by Gasteiger charge is 2.10. The second kappa shape index (κ2) is 5.32. The zero-order valence-corrected chi connectivity index (χ0v) is 11.0. The quantitative estimate of drug-likeness (QED) is 0.596. The summed E-state index contributed by atoms with van der Waals surface area (Å²) >= 11 is 7.00. The summed E-state index contributed by atoms with van der Waals surface area (Å²) in [5.74, 6) is -0.335. The Labute approximate surface area is 112 Å². The maximum absolute atomic E-state index is 11.7. The van der Waals surface area contributed by atoms with E-state index in [0.29, 0.717) is 15.9 Å². The van der Waals surface area contributed by atoms with Crippen LogP contribution in [0.1, 0.15) is 0 Å². The van der Waals surface area contributed by atoms with Crippen LogP contribution in [-0.4, -0.2) is 21.3 Å². The molecule has 3 N–H and O–H groups in total. The molecular weight excluding hydrogens is 274 g/mol. The number of anilines is 2. The third-order valence-corrected chi connectivity index (χ3v) is 3.02. The van der Waals surface area contributed by atoms with Crippen molar-refractivity contribution in [2.24, 2.45) is 0 Å². The Morgan fingerprint density at radius 3 is 2.61 bits per heavy atom. The molecule has 0 saturated carbocycles. The molecule has 18 heavy (non-hydrogen) atoms. The fraction of sp³-hybridized carbons (Fsp3) is 0.0909. The van der Waals surface area contributed by atoms with Crippen LogP contribution in [0.25, 0.3) is 0 Å². The number of hydrogen-bond acceptors (Lipinski definition) is 5. The molecule has 2 rings (SSSR count). The van der Waals surface area contributed by atoms with Gasteiger partial charge >= 0.3 is 0 Å². The van der Waals surface area contributed by atoms with Crippen molar-refractivity contribution >= 4 is 34.7 Å². The Bertz CT molecular complexity index is 613. The number of nitrogens with zero attached hydrogens (tertiary/aromatic N) is 1. The minimum absolute atomic E-state index is 0.00937. The van der Waals surface area contributed by atoms with Crippen LogP contribution >= 0.6 is 23.4 Å². The van der Waals surface area contributed by atoms with E-state index in [1.807, 2.05) is 0 Å². The lowest BCUT2D eigenvalue weighted by Gasteiger charge is -2.07. The van der Waals surface area contributed by atoms with Crippen molar-refractivity contribution in [3.8, 4) is 5.88 Å². The van der Waals surface area contributed by atoms with E-state index in [1.54, 1.807) is 30.5 Å². The topological polar surface area (TPSA) is 78.0 Å². The van der Waals surface area contributed by atoms with Crippen LogP contribution in [-0.2, 0) is 0 Å². The highest BCUT2D eigenvalue weighted by atomic mass is 35.5. The normalized spacial score (nSPS) is 10.3. The van der Waals surface area contributed by atoms with Gasteiger partial charge in [0, 0.05) is 10.7 Å². The van der Waals surface area contributed by atoms with Gasteiger partial charge in [0.05, 0.1) is 0 Å². The molecule has 0 unspecified atom stereocenters. The summed E-state index contributed by atoms with van der Waals surface area (Å²) in [6.45, 7) is 0. The SMILES string of the molecule is CSc1nc(O)c(Nc2ccc(Cl)cc2)c(=O)[nH]1. The first kappa shape index (κ1) is 12.8. The third-order valence-electron chi connectivity index (χ3n) is 2.19. The van der Waals surface area contributed by atoms with Gasteiger partial charge in [-0.3, -0.25) is 9.78 Å². The van der Waals surface area contributed by atoms with Gasteiger partial charge in [-0.1, -0.05) is 23.4 Å². The first-order valence-electron chi connectivity index (χ1n) is 5.00. The first-order valence-corrected chi connectivity index (χ1v) is 6.60. The van der Waals surface area contributed by atoms with E-state index in [4.69, 9.17) is 11.6 Å². The van der Waals surface area contributed by atoms with Crippen LogP contribution in [0.2, 0.25) is 5.02 Å². The number of rotatable bonds is 3. The van der Waals surface area contributed by atoms with E-state index in [1.165, 1.54) is 11.8 Å². The molecule has 0 fully saturated rings. The molecule has 94 valence electrons. The first-order chi connectivity index (χ1) is 8.60. The molecule has 1 heterocycles. The summed E-state index contributed by atoms with van der Waals surface area (Å²) in [6, 6.07) is 6.75. The molecule has 0 atom stereocenters. The molecule has 0 bridgehead atoms. The number of H-pyrrole nitrogens is 1. The van der Waals surface area contributed by atoms with Gasteiger partial charge in [0.2, 0.25) is 5.88 Å². The number of hydrogen-bond donors (Lipinski definition) is 3. The van der Waals surface area contributed by atoms with Crippen LogP contribution in [0.15, 0.2) is 34.2 Å². The Hall–Kier alpha value is -1.66. The Kier molecular flexibility index (Phi) is 3.78. The second-order valence-corrected chi connectivity index (χ2v) is 4.64. The summed E-state index contributed by atoms with van der Waals surface area (Å²) in [7, 11) is 0. The van der Waals surface area contributed by atoms with Crippen molar-refractivity contribution in [2.45, 2.75) is 5.16 Å². The van der Waals surface area contributed by atoms with Crippen molar-refractivity contribution < 1.29 is 5.11 Å². The maximum Gasteiger partial charge on any atom is 0.279 e. The lowest BCUT2D eigenvalue weighted by atomic mass is 10.3. The lowest BCUT2D eigenvalue weighted by molar-refractivity contribution is 0.447.